The average Bonchev–Trinajstić information content (AvgIpc) is 2.37. The average molecular weight is 276 g/mol. The monoisotopic (exact) mass is 276 g/mol. The number of benzene rings is 1. The van der Waals surface area contributed by atoms with Crippen molar-refractivity contribution in [2.45, 2.75) is 19.6 Å². The standard InChI is InChI=1S/C13H19F3N2O/c1-3-19-7-6-18(2)12-5-4-10(9-17)8-11(12)13(14,15)16/h4-5,8H,3,6-7,9,17H2,1-2H3. The fraction of sp³-hybridized carbons (Fsp3) is 0.538. The van der Waals surface area contributed by atoms with Gasteiger partial charge in [0.1, 0.15) is 0 Å². The van der Waals surface area contributed by atoms with Gasteiger partial charge in [0.15, 0.2) is 0 Å². The molecule has 0 heterocycles. The predicted octanol–water partition coefficient (Wildman–Crippen LogP) is 2.64. The van der Waals surface area contributed by atoms with Gasteiger partial charge in [-0.15, -0.1) is 0 Å². The van der Waals surface area contributed by atoms with Gasteiger partial charge in [0.05, 0.1) is 12.2 Å². The Morgan fingerprint density at radius 2 is 2.00 bits per heavy atom. The molecule has 19 heavy (non-hydrogen) atoms. The van der Waals surface area contributed by atoms with Gasteiger partial charge in [0, 0.05) is 32.4 Å². The molecule has 1 rings (SSSR count). The van der Waals surface area contributed by atoms with Crippen molar-refractivity contribution in [2.24, 2.45) is 5.73 Å². The van der Waals surface area contributed by atoms with E-state index in [-0.39, 0.29) is 12.2 Å². The van der Waals surface area contributed by atoms with Crippen LogP contribution >= 0.6 is 0 Å². The topological polar surface area (TPSA) is 38.5 Å². The third-order valence-corrected chi connectivity index (χ3v) is 2.79. The van der Waals surface area contributed by atoms with Crippen LogP contribution in [-0.2, 0) is 17.5 Å². The molecule has 0 bridgehead atoms. The first-order chi connectivity index (χ1) is 8.90. The van der Waals surface area contributed by atoms with E-state index in [4.69, 9.17) is 10.5 Å². The van der Waals surface area contributed by atoms with Crippen molar-refractivity contribution in [3.63, 3.8) is 0 Å². The van der Waals surface area contributed by atoms with Gasteiger partial charge in [0.25, 0.3) is 0 Å². The molecule has 0 atom stereocenters. The minimum Gasteiger partial charge on any atom is -0.380 e. The lowest BCUT2D eigenvalue weighted by molar-refractivity contribution is -0.137. The van der Waals surface area contributed by atoms with Crippen molar-refractivity contribution in [2.75, 3.05) is 31.7 Å². The highest BCUT2D eigenvalue weighted by molar-refractivity contribution is 5.56. The molecule has 0 fully saturated rings. The third-order valence-electron chi connectivity index (χ3n) is 2.79. The van der Waals surface area contributed by atoms with E-state index < -0.39 is 11.7 Å². The smallest absolute Gasteiger partial charge is 0.380 e. The van der Waals surface area contributed by atoms with Crippen molar-refractivity contribution >= 4 is 5.69 Å². The van der Waals surface area contributed by atoms with Gasteiger partial charge in [-0.2, -0.15) is 13.2 Å². The van der Waals surface area contributed by atoms with Crippen LogP contribution in [0.25, 0.3) is 0 Å². The summed E-state index contributed by atoms with van der Waals surface area (Å²) >= 11 is 0. The zero-order chi connectivity index (χ0) is 14.5. The number of nitrogens with two attached hydrogens (primary N) is 1. The van der Waals surface area contributed by atoms with E-state index in [2.05, 4.69) is 0 Å². The molecule has 6 heteroatoms. The predicted molar refractivity (Wildman–Crippen MR) is 69.1 cm³/mol. The summed E-state index contributed by atoms with van der Waals surface area (Å²) in [4.78, 5) is 1.54. The molecule has 1 aromatic rings. The van der Waals surface area contributed by atoms with Crippen LogP contribution in [0, 0.1) is 0 Å². The molecule has 1 aromatic carbocycles. The summed E-state index contributed by atoms with van der Waals surface area (Å²) in [6, 6.07) is 4.17. The summed E-state index contributed by atoms with van der Waals surface area (Å²) in [6.45, 7) is 3.27. The van der Waals surface area contributed by atoms with Gasteiger partial charge in [-0.25, -0.2) is 0 Å². The first-order valence-corrected chi connectivity index (χ1v) is 6.09. The van der Waals surface area contributed by atoms with Crippen LogP contribution in [0.1, 0.15) is 18.1 Å². The van der Waals surface area contributed by atoms with Crippen LogP contribution in [0.4, 0.5) is 18.9 Å². The van der Waals surface area contributed by atoms with Crippen molar-refractivity contribution in [3.8, 4) is 0 Å². The molecular weight excluding hydrogens is 257 g/mol. The number of halogens is 3. The summed E-state index contributed by atoms with van der Waals surface area (Å²) in [5.41, 5.74) is 5.34. The van der Waals surface area contributed by atoms with E-state index in [1.54, 1.807) is 18.0 Å². The SMILES string of the molecule is CCOCCN(C)c1ccc(CN)cc1C(F)(F)F. The maximum absolute atomic E-state index is 13.0. The number of alkyl halides is 3. The summed E-state index contributed by atoms with van der Waals surface area (Å²) in [5, 5.41) is 0. The molecule has 0 spiro atoms. The van der Waals surface area contributed by atoms with Gasteiger partial charge in [-0.1, -0.05) is 6.07 Å². The first kappa shape index (κ1) is 15.8. The summed E-state index contributed by atoms with van der Waals surface area (Å²) < 4.78 is 44.2. The van der Waals surface area contributed by atoms with Crippen molar-refractivity contribution in [3.05, 3.63) is 29.3 Å². The molecule has 0 aliphatic heterocycles. The number of likely N-dealkylation sites (N-methyl/N-ethyl adjacent to an activating group) is 1. The maximum atomic E-state index is 13.0. The van der Waals surface area contributed by atoms with Gasteiger partial charge >= 0.3 is 6.18 Å². The molecule has 0 saturated carbocycles. The molecule has 0 aliphatic rings. The van der Waals surface area contributed by atoms with E-state index in [0.717, 1.165) is 6.07 Å². The molecule has 0 radical (unpaired) electrons. The van der Waals surface area contributed by atoms with Gasteiger partial charge in [-0.05, 0) is 24.6 Å². The lowest BCUT2D eigenvalue weighted by Crippen LogP contribution is -2.25. The van der Waals surface area contributed by atoms with E-state index in [9.17, 15) is 13.2 Å². The lowest BCUT2D eigenvalue weighted by Gasteiger charge is -2.24. The van der Waals surface area contributed by atoms with Crippen LogP contribution in [0.2, 0.25) is 0 Å². The lowest BCUT2D eigenvalue weighted by atomic mass is 10.1. The zero-order valence-corrected chi connectivity index (χ0v) is 11.1. The number of hydrogen-bond acceptors (Lipinski definition) is 3. The van der Waals surface area contributed by atoms with E-state index in [1.165, 1.54) is 6.07 Å². The molecule has 108 valence electrons. The van der Waals surface area contributed by atoms with Crippen LogP contribution < -0.4 is 10.6 Å². The zero-order valence-electron chi connectivity index (χ0n) is 11.1. The van der Waals surface area contributed by atoms with Crippen molar-refractivity contribution in [1.29, 1.82) is 0 Å². The maximum Gasteiger partial charge on any atom is 0.418 e. The fourth-order valence-corrected chi connectivity index (χ4v) is 1.74. The molecule has 0 aromatic heterocycles. The highest BCUT2D eigenvalue weighted by atomic mass is 19.4. The molecule has 0 saturated heterocycles. The van der Waals surface area contributed by atoms with Crippen molar-refractivity contribution < 1.29 is 17.9 Å². The Hall–Kier alpha value is -1.27. The number of rotatable bonds is 6. The molecule has 2 N–H and O–H groups in total. The fourth-order valence-electron chi connectivity index (χ4n) is 1.74. The second kappa shape index (κ2) is 6.77. The minimum absolute atomic E-state index is 0.0893. The molecule has 0 unspecified atom stereocenters. The molecule has 0 aliphatic carbocycles. The first-order valence-electron chi connectivity index (χ1n) is 6.09. The number of nitrogens with zero attached hydrogens (tertiary/aromatic N) is 1. The molecule has 0 amide bonds. The number of ether oxygens (including phenoxy) is 1. The Morgan fingerprint density at radius 3 is 2.53 bits per heavy atom. The minimum atomic E-state index is -4.39. The van der Waals surface area contributed by atoms with Gasteiger partial charge in [-0.3, -0.25) is 0 Å². The Balaban J connectivity index is 2.98. The van der Waals surface area contributed by atoms with Crippen molar-refractivity contribution in [1.82, 2.24) is 0 Å². The van der Waals surface area contributed by atoms with Crippen LogP contribution in [0.15, 0.2) is 18.2 Å². The normalized spacial score (nSPS) is 11.7. The summed E-state index contributed by atoms with van der Waals surface area (Å²) in [5.74, 6) is 0. The van der Waals surface area contributed by atoms with Gasteiger partial charge < -0.3 is 15.4 Å². The summed E-state index contributed by atoms with van der Waals surface area (Å²) in [7, 11) is 1.62. The third kappa shape index (κ3) is 4.40. The highest BCUT2D eigenvalue weighted by Gasteiger charge is 2.34. The largest absolute Gasteiger partial charge is 0.418 e. The number of hydrogen-bond donors (Lipinski definition) is 1. The van der Waals surface area contributed by atoms with Crippen LogP contribution in [0.3, 0.4) is 0 Å². The Bertz CT molecular complexity index is 407. The second-order valence-electron chi connectivity index (χ2n) is 4.17. The van der Waals surface area contributed by atoms with E-state index in [1.807, 2.05) is 6.92 Å². The quantitative estimate of drug-likeness (QED) is 0.812. The highest BCUT2D eigenvalue weighted by Crippen LogP contribution is 2.36. The van der Waals surface area contributed by atoms with Gasteiger partial charge in [0.2, 0.25) is 0 Å². The molecule has 3 nitrogen and oxygen atoms in total. The molecular formula is C13H19F3N2O. The number of anilines is 1. The van der Waals surface area contributed by atoms with E-state index >= 15 is 0 Å². The summed E-state index contributed by atoms with van der Waals surface area (Å²) in [6.07, 6.45) is -4.39. The Labute approximate surface area is 111 Å². The van der Waals surface area contributed by atoms with Crippen LogP contribution in [0.5, 0.6) is 0 Å². The second-order valence-corrected chi connectivity index (χ2v) is 4.17. The Kier molecular flexibility index (Phi) is 5.62. The van der Waals surface area contributed by atoms with E-state index in [0.29, 0.717) is 25.3 Å². The van der Waals surface area contributed by atoms with Crippen LogP contribution in [-0.4, -0.2) is 26.8 Å². The Morgan fingerprint density at radius 1 is 1.32 bits per heavy atom.